The van der Waals surface area contributed by atoms with Gasteiger partial charge in [0.2, 0.25) is 5.91 Å². The van der Waals surface area contributed by atoms with Crippen LogP contribution in [0.5, 0.6) is 0 Å². The lowest BCUT2D eigenvalue weighted by Crippen LogP contribution is -2.55. The molecule has 0 saturated carbocycles. The standard InChI is InChI=1S/C16H25ClN6O3S/c1-20(2)27(25,26)23-10-8-21(9-11-23)16(24)13-4-3-7-22(12-13)15-6-5-14(17)18-19-15/h5-6,13H,3-4,7-12H2,1-2H3/t13-/m0/s1. The van der Waals surface area contributed by atoms with Crippen LogP contribution in [0.2, 0.25) is 5.15 Å². The van der Waals surface area contributed by atoms with E-state index in [1.54, 1.807) is 11.0 Å². The van der Waals surface area contributed by atoms with Crippen molar-refractivity contribution in [3.05, 3.63) is 17.3 Å². The van der Waals surface area contributed by atoms with E-state index in [-0.39, 0.29) is 11.8 Å². The van der Waals surface area contributed by atoms with Crippen LogP contribution in [0, 0.1) is 5.92 Å². The van der Waals surface area contributed by atoms with Gasteiger partial charge in [-0.1, -0.05) is 11.6 Å². The van der Waals surface area contributed by atoms with Crippen LogP contribution >= 0.6 is 11.6 Å². The molecule has 0 N–H and O–H groups in total. The Bertz CT molecular complexity index is 765. The zero-order chi connectivity index (χ0) is 19.6. The van der Waals surface area contributed by atoms with E-state index in [2.05, 4.69) is 15.1 Å². The summed E-state index contributed by atoms with van der Waals surface area (Å²) < 4.78 is 27.0. The topological polar surface area (TPSA) is 90.0 Å². The molecule has 0 aliphatic carbocycles. The molecule has 2 aliphatic rings. The molecule has 27 heavy (non-hydrogen) atoms. The van der Waals surface area contributed by atoms with Crippen molar-refractivity contribution in [3.63, 3.8) is 0 Å². The monoisotopic (exact) mass is 416 g/mol. The lowest BCUT2D eigenvalue weighted by atomic mass is 9.96. The third-order valence-corrected chi connectivity index (χ3v) is 7.19. The van der Waals surface area contributed by atoms with Crippen molar-refractivity contribution in [2.45, 2.75) is 12.8 Å². The number of hydrogen-bond acceptors (Lipinski definition) is 6. The van der Waals surface area contributed by atoms with Gasteiger partial charge >= 0.3 is 0 Å². The van der Waals surface area contributed by atoms with Crippen molar-refractivity contribution in [1.29, 1.82) is 0 Å². The summed E-state index contributed by atoms with van der Waals surface area (Å²) >= 11 is 5.79. The van der Waals surface area contributed by atoms with Gasteiger partial charge in [0.25, 0.3) is 10.2 Å². The molecule has 2 fully saturated rings. The molecule has 3 rings (SSSR count). The molecular weight excluding hydrogens is 392 g/mol. The minimum atomic E-state index is -3.43. The van der Waals surface area contributed by atoms with Crippen molar-refractivity contribution in [1.82, 2.24) is 23.7 Å². The summed E-state index contributed by atoms with van der Waals surface area (Å²) in [5.74, 6) is 0.690. The smallest absolute Gasteiger partial charge is 0.281 e. The second-order valence-corrected chi connectivity index (χ2v) is 9.54. The van der Waals surface area contributed by atoms with Crippen molar-refractivity contribution in [3.8, 4) is 0 Å². The lowest BCUT2D eigenvalue weighted by Gasteiger charge is -2.39. The van der Waals surface area contributed by atoms with Crippen LogP contribution in [0.25, 0.3) is 0 Å². The van der Waals surface area contributed by atoms with Gasteiger partial charge in [-0.3, -0.25) is 4.79 Å². The van der Waals surface area contributed by atoms with Crippen molar-refractivity contribution >= 4 is 33.5 Å². The fourth-order valence-corrected chi connectivity index (χ4v) is 4.68. The minimum Gasteiger partial charge on any atom is -0.354 e. The summed E-state index contributed by atoms with van der Waals surface area (Å²) in [6, 6.07) is 3.51. The van der Waals surface area contributed by atoms with Gasteiger partial charge in [0.1, 0.15) is 0 Å². The molecule has 0 bridgehead atoms. The molecule has 3 heterocycles. The van der Waals surface area contributed by atoms with Crippen molar-refractivity contribution < 1.29 is 13.2 Å². The number of anilines is 1. The van der Waals surface area contributed by atoms with Crippen LogP contribution < -0.4 is 4.90 Å². The normalized spacial score (nSPS) is 22.3. The van der Waals surface area contributed by atoms with Gasteiger partial charge < -0.3 is 9.80 Å². The average Bonchev–Trinajstić information content (AvgIpc) is 2.68. The maximum Gasteiger partial charge on any atom is 0.281 e. The molecule has 0 unspecified atom stereocenters. The Morgan fingerprint density at radius 1 is 1.15 bits per heavy atom. The molecule has 1 aromatic rings. The summed E-state index contributed by atoms with van der Waals surface area (Å²) in [4.78, 5) is 16.8. The van der Waals surface area contributed by atoms with Gasteiger partial charge in [-0.15, -0.1) is 10.2 Å². The first-order valence-corrected chi connectivity index (χ1v) is 10.8. The zero-order valence-electron chi connectivity index (χ0n) is 15.6. The van der Waals surface area contributed by atoms with E-state index in [4.69, 9.17) is 11.6 Å². The third-order valence-electron chi connectivity index (χ3n) is 5.05. The van der Waals surface area contributed by atoms with E-state index in [9.17, 15) is 13.2 Å². The van der Waals surface area contributed by atoms with Gasteiger partial charge in [-0.05, 0) is 25.0 Å². The molecule has 2 saturated heterocycles. The first-order chi connectivity index (χ1) is 12.8. The summed E-state index contributed by atoms with van der Waals surface area (Å²) in [5, 5.41) is 8.32. The number of aromatic nitrogens is 2. The van der Waals surface area contributed by atoms with E-state index in [0.29, 0.717) is 37.9 Å². The average molecular weight is 417 g/mol. The second kappa shape index (κ2) is 8.26. The molecule has 0 aromatic carbocycles. The molecule has 11 heteroatoms. The number of nitrogens with zero attached hydrogens (tertiary/aromatic N) is 6. The number of amides is 1. The molecule has 1 aromatic heterocycles. The number of carbonyl (C=O) groups excluding carboxylic acids is 1. The van der Waals surface area contributed by atoms with Gasteiger partial charge in [0, 0.05) is 53.4 Å². The number of carbonyl (C=O) groups is 1. The first kappa shape index (κ1) is 20.2. The maximum absolute atomic E-state index is 12.9. The SMILES string of the molecule is CN(C)S(=O)(=O)N1CCN(C(=O)[C@H]2CCCN(c3ccc(Cl)nn3)C2)CC1. The lowest BCUT2D eigenvalue weighted by molar-refractivity contribution is -0.137. The first-order valence-electron chi connectivity index (χ1n) is 8.99. The number of piperazine rings is 1. The molecule has 1 amide bonds. The van der Waals surface area contributed by atoms with Crippen LogP contribution in [0.15, 0.2) is 12.1 Å². The predicted octanol–water partition coefficient (Wildman–Crippen LogP) is 0.297. The van der Waals surface area contributed by atoms with Gasteiger partial charge in [-0.2, -0.15) is 17.0 Å². The molecular formula is C16H25ClN6O3S. The van der Waals surface area contributed by atoms with Crippen LogP contribution in [0.3, 0.4) is 0 Å². The quantitative estimate of drug-likeness (QED) is 0.701. The Hall–Kier alpha value is -1.49. The zero-order valence-corrected chi connectivity index (χ0v) is 17.2. The molecule has 1 atom stereocenters. The summed E-state index contributed by atoms with van der Waals surface area (Å²) in [7, 11) is -0.394. The molecule has 9 nitrogen and oxygen atoms in total. The van der Waals surface area contributed by atoms with E-state index >= 15 is 0 Å². The number of rotatable bonds is 4. The summed E-state index contributed by atoms with van der Waals surface area (Å²) in [5.41, 5.74) is 0. The highest BCUT2D eigenvalue weighted by molar-refractivity contribution is 7.86. The van der Waals surface area contributed by atoms with E-state index in [1.807, 2.05) is 6.07 Å². The summed E-state index contributed by atoms with van der Waals surface area (Å²) in [6.07, 6.45) is 1.72. The molecule has 150 valence electrons. The highest BCUT2D eigenvalue weighted by atomic mass is 35.5. The summed E-state index contributed by atoms with van der Waals surface area (Å²) in [6.45, 7) is 2.91. The Kier molecular flexibility index (Phi) is 6.19. The third kappa shape index (κ3) is 4.50. The Morgan fingerprint density at radius 2 is 1.85 bits per heavy atom. The highest BCUT2D eigenvalue weighted by Gasteiger charge is 2.34. The fraction of sp³-hybridized carbons (Fsp3) is 0.688. The number of halogens is 1. The Labute approximate surface area is 165 Å². The number of piperidine rings is 1. The second-order valence-electron chi connectivity index (χ2n) is 7.01. The van der Waals surface area contributed by atoms with Crippen LogP contribution in [0.4, 0.5) is 5.82 Å². The van der Waals surface area contributed by atoms with E-state index in [1.165, 1.54) is 22.7 Å². The number of hydrogen-bond donors (Lipinski definition) is 0. The van der Waals surface area contributed by atoms with E-state index < -0.39 is 10.2 Å². The van der Waals surface area contributed by atoms with Gasteiger partial charge in [0.05, 0.1) is 5.92 Å². The highest BCUT2D eigenvalue weighted by Crippen LogP contribution is 2.24. The van der Waals surface area contributed by atoms with Crippen LogP contribution in [-0.2, 0) is 15.0 Å². The van der Waals surface area contributed by atoms with Crippen molar-refractivity contribution in [2.24, 2.45) is 5.92 Å². The Balaban J connectivity index is 1.59. The van der Waals surface area contributed by atoms with Gasteiger partial charge in [-0.25, -0.2) is 0 Å². The maximum atomic E-state index is 12.9. The fourth-order valence-electron chi connectivity index (χ4n) is 3.49. The van der Waals surface area contributed by atoms with Gasteiger partial charge in [0.15, 0.2) is 11.0 Å². The van der Waals surface area contributed by atoms with E-state index in [0.717, 1.165) is 25.2 Å². The van der Waals surface area contributed by atoms with Crippen molar-refractivity contribution in [2.75, 3.05) is 58.3 Å². The molecule has 0 spiro atoms. The Morgan fingerprint density at radius 3 is 2.44 bits per heavy atom. The largest absolute Gasteiger partial charge is 0.354 e. The van der Waals surface area contributed by atoms with Crippen LogP contribution in [0.1, 0.15) is 12.8 Å². The molecule has 2 aliphatic heterocycles. The van der Waals surface area contributed by atoms with Crippen LogP contribution in [-0.4, -0.2) is 91.4 Å². The molecule has 0 radical (unpaired) electrons. The minimum absolute atomic E-state index is 0.0866. The predicted molar refractivity (Wildman–Crippen MR) is 103 cm³/mol.